The molecule has 0 bridgehead atoms. The van der Waals surface area contributed by atoms with E-state index in [1.54, 1.807) is 6.92 Å². The summed E-state index contributed by atoms with van der Waals surface area (Å²) in [6.45, 7) is 1.81. The number of nitro groups is 1. The lowest BCUT2D eigenvalue weighted by atomic mass is 10.0. The molecule has 1 aromatic heterocycles. The van der Waals surface area contributed by atoms with Crippen LogP contribution < -0.4 is 0 Å². The molecule has 8 nitrogen and oxygen atoms in total. The van der Waals surface area contributed by atoms with Crippen molar-refractivity contribution in [3.8, 4) is 0 Å². The molecule has 0 aliphatic carbocycles. The lowest BCUT2D eigenvalue weighted by Gasteiger charge is -2.16. The minimum absolute atomic E-state index is 0.181. The molecule has 1 heterocycles. The molecule has 19 heavy (non-hydrogen) atoms. The number of hydrogen-bond donors (Lipinski definition) is 2. The smallest absolute Gasteiger partial charge is 0.363 e. The number of hydrogen-bond acceptors (Lipinski definition) is 7. The first-order valence-corrected chi connectivity index (χ1v) is 5.57. The van der Waals surface area contributed by atoms with E-state index in [0.29, 0.717) is 0 Å². The fourth-order valence-corrected chi connectivity index (χ4v) is 1.40. The Balaban J connectivity index is 2.68. The molecule has 1 aromatic rings. The van der Waals surface area contributed by atoms with Crippen LogP contribution in [-0.4, -0.2) is 38.8 Å². The number of aliphatic hydroxyl groups is 2. The molecule has 0 aliphatic heterocycles. The quantitative estimate of drug-likeness (QED) is 0.434. The summed E-state index contributed by atoms with van der Waals surface area (Å²) in [6, 6.07) is 2.37. The van der Waals surface area contributed by atoms with Gasteiger partial charge in [0.15, 0.2) is 0 Å². The lowest BCUT2D eigenvalue weighted by molar-refractivity contribution is -0.389. The first kappa shape index (κ1) is 15.0. The molecule has 1 rings (SSSR count). The van der Waals surface area contributed by atoms with E-state index in [9.17, 15) is 25.1 Å². The van der Waals surface area contributed by atoms with Crippen LogP contribution in [0.15, 0.2) is 18.3 Å². The van der Waals surface area contributed by atoms with Gasteiger partial charge in [-0.05, 0) is 22.9 Å². The maximum atomic E-state index is 11.1. The van der Waals surface area contributed by atoms with Gasteiger partial charge in [-0.3, -0.25) is 4.79 Å². The monoisotopic (exact) mass is 270 g/mol. The number of carbonyl (C=O) groups is 1. The first-order chi connectivity index (χ1) is 8.95. The Kier molecular flexibility index (Phi) is 5.34. The van der Waals surface area contributed by atoms with Gasteiger partial charge in [0, 0.05) is 11.6 Å². The van der Waals surface area contributed by atoms with E-state index in [-0.39, 0.29) is 24.4 Å². The summed E-state index contributed by atoms with van der Waals surface area (Å²) in [4.78, 5) is 24.4. The molecule has 8 heteroatoms. The maximum Gasteiger partial charge on any atom is 0.363 e. The summed E-state index contributed by atoms with van der Waals surface area (Å²) in [5, 5.41) is 29.8. The summed E-state index contributed by atoms with van der Waals surface area (Å²) in [6.07, 6.45) is -2.01. The standard InChI is InChI=1S/C11H14N2O6/c1-2-19-10(15)5-8(14)11(16)7-3-4-9(12-6-7)13(17)18/h3-4,6,8,11,14,16H,2,5H2,1H3. The molecule has 0 saturated heterocycles. The third kappa shape index (κ3) is 4.27. The van der Waals surface area contributed by atoms with Gasteiger partial charge in [0.25, 0.3) is 0 Å². The summed E-state index contributed by atoms with van der Waals surface area (Å²) in [5.41, 5.74) is 0.183. The van der Waals surface area contributed by atoms with Gasteiger partial charge in [-0.15, -0.1) is 0 Å². The van der Waals surface area contributed by atoms with Gasteiger partial charge in [-0.25, -0.2) is 0 Å². The first-order valence-electron chi connectivity index (χ1n) is 5.57. The topological polar surface area (TPSA) is 123 Å². The molecule has 2 atom stereocenters. The SMILES string of the molecule is CCOC(=O)CC(O)C(O)c1ccc([N+](=O)[O-])nc1. The lowest BCUT2D eigenvalue weighted by Crippen LogP contribution is -2.23. The molecule has 0 saturated carbocycles. The van der Waals surface area contributed by atoms with Crippen LogP contribution in [-0.2, 0) is 9.53 Å². The molecule has 0 fully saturated rings. The third-order valence-corrected chi connectivity index (χ3v) is 2.34. The Morgan fingerprint density at radius 1 is 1.53 bits per heavy atom. The van der Waals surface area contributed by atoms with Crippen LogP contribution in [0, 0.1) is 10.1 Å². The van der Waals surface area contributed by atoms with E-state index in [0.717, 1.165) is 12.3 Å². The predicted octanol–water partition coefficient (Wildman–Crippen LogP) is 0.337. The van der Waals surface area contributed by atoms with Gasteiger partial charge in [0.05, 0.1) is 19.1 Å². The van der Waals surface area contributed by atoms with Gasteiger partial charge in [-0.2, -0.15) is 0 Å². The van der Waals surface area contributed by atoms with Crippen molar-refractivity contribution >= 4 is 11.8 Å². The average Bonchev–Trinajstić information content (AvgIpc) is 2.38. The van der Waals surface area contributed by atoms with Crippen LogP contribution in [0.5, 0.6) is 0 Å². The molecule has 0 aliphatic rings. The van der Waals surface area contributed by atoms with Crippen LogP contribution in [0.4, 0.5) is 5.82 Å². The highest BCUT2D eigenvalue weighted by Crippen LogP contribution is 2.20. The van der Waals surface area contributed by atoms with Gasteiger partial charge < -0.3 is 25.1 Å². The molecular formula is C11H14N2O6. The van der Waals surface area contributed by atoms with Gasteiger partial charge in [0.2, 0.25) is 0 Å². The van der Waals surface area contributed by atoms with Crippen molar-refractivity contribution in [1.29, 1.82) is 0 Å². The number of carbonyl (C=O) groups excluding carboxylic acids is 1. The fraction of sp³-hybridized carbons (Fsp3) is 0.455. The molecule has 104 valence electrons. The third-order valence-electron chi connectivity index (χ3n) is 2.34. The van der Waals surface area contributed by atoms with E-state index in [1.807, 2.05) is 0 Å². The van der Waals surface area contributed by atoms with Crippen molar-refractivity contribution in [3.63, 3.8) is 0 Å². The molecule has 2 N–H and O–H groups in total. The molecule has 0 radical (unpaired) electrons. The Bertz CT molecular complexity index is 447. The Morgan fingerprint density at radius 3 is 2.68 bits per heavy atom. The summed E-state index contributed by atoms with van der Waals surface area (Å²) >= 11 is 0. The van der Waals surface area contributed by atoms with Gasteiger partial charge in [0.1, 0.15) is 12.3 Å². The van der Waals surface area contributed by atoms with E-state index >= 15 is 0 Å². The van der Waals surface area contributed by atoms with Gasteiger partial charge in [-0.1, -0.05) is 0 Å². The van der Waals surface area contributed by atoms with Crippen molar-refractivity contribution in [2.24, 2.45) is 0 Å². The second-order valence-electron chi connectivity index (χ2n) is 3.73. The highest BCUT2D eigenvalue weighted by Gasteiger charge is 2.23. The Labute approximate surface area is 108 Å². The van der Waals surface area contributed by atoms with E-state index in [4.69, 9.17) is 0 Å². The van der Waals surface area contributed by atoms with E-state index < -0.39 is 23.1 Å². The molecule has 2 unspecified atom stereocenters. The second-order valence-corrected chi connectivity index (χ2v) is 3.73. The van der Waals surface area contributed by atoms with Crippen molar-refractivity contribution in [2.75, 3.05) is 6.61 Å². The fourth-order valence-electron chi connectivity index (χ4n) is 1.40. The number of pyridine rings is 1. The second kappa shape index (κ2) is 6.76. The largest absolute Gasteiger partial charge is 0.466 e. The summed E-state index contributed by atoms with van der Waals surface area (Å²) in [7, 11) is 0. The van der Waals surface area contributed by atoms with Crippen molar-refractivity contribution in [1.82, 2.24) is 4.98 Å². The maximum absolute atomic E-state index is 11.1. The van der Waals surface area contributed by atoms with Crippen LogP contribution in [0.25, 0.3) is 0 Å². The zero-order chi connectivity index (χ0) is 14.4. The van der Waals surface area contributed by atoms with Gasteiger partial charge >= 0.3 is 11.8 Å². The molecule has 0 amide bonds. The van der Waals surface area contributed by atoms with Crippen LogP contribution >= 0.6 is 0 Å². The number of rotatable bonds is 6. The van der Waals surface area contributed by atoms with Crippen molar-refractivity contribution in [3.05, 3.63) is 34.0 Å². The molecule has 0 aromatic carbocycles. The number of aromatic nitrogens is 1. The average molecular weight is 270 g/mol. The Morgan fingerprint density at radius 2 is 2.21 bits per heavy atom. The molecular weight excluding hydrogens is 256 g/mol. The van der Waals surface area contributed by atoms with Crippen molar-refractivity contribution in [2.45, 2.75) is 25.6 Å². The summed E-state index contributed by atoms with van der Waals surface area (Å²) in [5.74, 6) is -1.00. The highest BCUT2D eigenvalue weighted by atomic mass is 16.6. The number of nitrogens with zero attached hydrogens (tertiary/aromatic N) is 2. The zero-order valence-electron chi connectivity index (χ0n) is 10.2. The Hall–Kier alpha value is -2.06. The zero-order valence-corrected chi connectivity index (χ0v) is 10.2. The van der Waals surface area contributed by atoms with E-state index in [1.165, 1.54) is 6.07 Å². The highest BCUT2D eigenvalue weighted by molar-refractivity contribution is 5.70. The summed E-state index contributed by atoms with van der Waals surface area (Å²) < 4.78 is 4.63. The van der Waals surface area contributed by atoms with Crippen LogP contribution in [0.3, 0.4) is 0 Å². The normalized spacial score (nSPS) is 13.6. The number of esters is 1. The van der Waals surface area contributed by atoms with E-state index in [2.05, 4.69) is 9.72 Å². The molecule has 0 spiro atoms. The number of ether oxygens (including phenoxy) is 1. The number of aliphatic hydroxyl groups excluding tert-OH is 2. The van der Waals surface area contributed by atoms with Crippen LogP contribution in [0.2, 0.25) is 0 Å². The predicted molar refractivity (Wildman–Crippen MR) is 63.1 cm³/mol. The van der Waals surface area contributed by atoms with Crippen LogP contribution in [0.1, 0.15) is 25.0 Å². The minimum atomic E-state index is -1.36. The minimum Gasteiger partial charge on any atom is -0.466 e. The van der Waals surface area contributed by atoms with Crippen molar-refractivity contribution < 1.29 is 24.7 Å².